The van der Waals surface area contributed by atoms with E-state index >= 15 is 0 Å². The number of hydrogen-bond donors (Lipinski definition) is 1. The number of methoxy groups -OCH3 is 1. The summed E-state index contributed by atoms with van der Waals surface area (Å²) in [5.74, 6) is 0.219. The Hall–Kier alpha value is -3.56. The van der Waals surface area contributed by atoms with Gasteiger partial charge in [0.2, 0.25) is 5.88 Å². The van der Waals surface area contributed by atoms with Gasteiger partial charge in [0.1, 0.15) is 17.3 Å². The molecule has 158 valence electrons. The predicted molar refractivity (Wildman–Crippen MR) is 117 cm³/mol. The van der Waals surface area contributed by atoms with E-state index in [1.807, 2.05) is 42.6 Å². The first-order chi connectivity index (χ1) is 15.2. The molecule has 9 heteroatoms. The van der Waals surface area contributed by atoms with Gasteiger partial charge in [0, 0.05) is 42.6 Å². The minimum atomic E-state index is -0.260. The number of pyridine rings is 1. The molecule has 0 unspecified atom stereocenters. The lowest BCUT2D eigenvalue weighted by Crippen LogP contribution is -2.23. The summed E-state index contributed by atoms with van der Waals surface area (Å²) in [7, 11) is 1.61. The zero-order valence-electron chi connectivity index (χ0n) is 16.9. The Morgan fingerprint density at radius 2 is 2.03 bits per heavy atom. The third-order valence-electron chi connectivity index (χ3n) is 4.40. The van der Waals surface area contributed by atoms with Gasteiger partial charge in [-0.05, 0) is 18.2 Å². The van der Waals surface area contributed by atoms with E-state index < -0.39 is 0 Å². The van der Waals surface area contributed by atoms with Crippen LogP contribution in [0.25, 0.3) is 16.3 Å². The van der Waals surface area contributed by atoms with E-state index in [9.17, 15) is 4.79 Å². The molecule has 0 bridgehead atoms. The average molecular weight is 436 g/mol. The molecule has 0 radical (unpaired) electrons. The third-order valence-corrected chi connectivity index (χ3v) is 5.29. The lowest BCUT2D eigenvalue weighted by Gasteiger charge is -2.10. The van der Waals surface area contributed by atoms with E-state index in [1.165, 1.54) is 11.3 Å². The van der Waals surface area contributed by atoms with Crippen LogP contribution >= 0.6 is 11.3 Å². The van der Waals surface area contributed by atoms with Gasteiger partial charge in [-0.2, -0.15) is 5.10 Å². The Balaban J connectivity index is 1.40. The molecule has 8 nitrogen and oxygen atoms in total. The van der Waals surface area contributed by atoms with Gasteiger partial charge in [0.15, 0.2) is 0 Å². The maximum Gasteiger partial charge on any atom is 0.271 e. The Morgan fingerprint density at radius 3 is 2.87 bits per heavy atom. The minimum Gasteiger partial charge on any atom is -0.475 e. The van der Waals surface area contributed by atoms with Gasteiger partial charge >= 0.3 is 0 Å². The first-order valence-corrected chi connectivity index (χ1v) is 10.5. The highest BCUT2D eigenvalue weighted by molar-refractivity contribution is 7.13. The molecule has 1 amide bonds. The summed E-state index contributed by atoms with van der Waals surface area (Å²) in [6, 6.07) is 13.5. The Morgan fingerprint density at radius 1 is 1.16 bits per heavy atom. The standard InChI is InChI=1S/C22H21N5O3S/c1-29-10-11-30-21-16(6-5-9-23-21)12-24-20(28)19-15-31-22(26-19)17-13-25-27(14-17)18-7-3-2-4-8-18/h2-9,13-15H,10-12H2,1H3,(H,24,28). The van der Waals surface area contributed by atoms with Gasteiger partial charge in [0.25, 0.3) is 5.91 Å². The first kappa shape index (κ1) is 20.7. The van der Waals surface area contributed by atoms with Crippen LogP contribution in [0.4, 0.5) is 0 Å². The number of ether oxygens (including phenoxy) is 2. The van der Waals surface area contributed by atoms with Crippen molar-refractivity contribution >= 4 is 17.2 Å². The number of nitrogens with one attached hydrogen (secondary N) is 1. The van der Waals surface area contributed by atoms with Crippen molar-refractivity contribution in [3.8, 4) is 22.1 Å². The molecular formula is C22H21N5O3S. The fraction of sp³-hybridized carbons (Fsp3) is 0.182. The number of nitrogens with zero attached hydrogens (tertiary/aromatic N) is 4. The fourth-order valence-corrected chi connectivity index (χ4v) is 3.62. The molecule has 0 saturated heterocycles. The van der Waals surface area contributed by atoms with Gasteiger partial charge in [-0.3, -0.25) is 4.79 Å². The average Bonchev–Trinajstić information content (AvgIpc) is 3.49. The number of hydrogen-bond acceptors (Lipinski definition) is 7. The summed E-state index contributed by atoms with van der Waals surface area (Å²) in [6.45, 7) is 1.14. The van der Waals surface area contributed by atoms with Gasteiger partial charge in [-0.1, -0.05) is 24.3 Å². The number of benzene rings is 1. The molecule has 3 heterocycles. The lowest BCUT2D eigenvalue weighted by atomic mass is 10.2. The topological polar surface area (TPSA) is 91.2 Å². The summed E-state index contributed by atoms with van der Waals surface area (Å²) in [5, 5.41) is 9.73. The molecular weight excluding hydrogens is 414 g/mol. The highest BCUT2D eigenvalue weighted by atomic mass is 32.1. The van der Waals surface area contributed by atoms with Gasteiger partial charge < -0.3 is 14.8 Å². The van der Waals surface area contributed by atoms with E-state index in [0.717, 1.165) is 21.8 Å². The molecule has 0 aliphatic carbocycles. The second kappa shape index (κ2) is 9.96. The third kappa shape index (κ3) is 5.14. The van der Waals surface area contributed by atoms with Crippen LogP contribution in [-0.2, 0) is 11.3 Å². The molecule has 0 spiro atoms. The fourth-order valence-electron chi connectivity index (χ4n) is 2.84. The van der Waals surface area contributed by atoms with Crippen molar-refractivity contribution in [3.05, 3.63) is 77.7 Å². The predicted octanol–water partition coefficient (Wildman–Crippen LogP) is 3.35. The minimum absolute atomic E-state index is 0.260. The van der Waals surface area contributed by atoms with Crippen LogP contribution in [0.2, 0.25) is 0 Å². The van der Waals surface area contributed by atoms with Gasteiger partial charge in [-0.15, -0.1) is 11.3 Å². The maximum atomic E-state index is 12.6. The second-order valence-corrected chi connectivity index (χ2v) is 7.40. The van der Waals surface area contributed by atoms with Crippen LogP contribution in [0.5, 0.6) is 5.88 Å². The number of para-hydroxylation sites is 1. The van der Waals surface area contributed by atoms with Crippen LogP contribution < -0.4 is 10.1 Å². The first-order valence-electron chi connectivity index (χ1n) is 9.64. The molecule has 0 aliphatic heterocycles. The summed E-state index contributed by atoms with van der Waals surface area (Å²) < 4.78 is 12.4. The van der Waals surface area contributed by atoms with Crippen molar-refractivity contribution in [2.45, 2.75) is 6.54 Å². The number of amides is 1. The molecule has 0 atom stereocenters. The number of aromatic nitrogens is 4. The smallest absolute Gasteiger partial charge is 0.271 e. The quantitative estimate of drug-likeness (QED) is 0.406. The molecule has 0 aliphatic rings. The lowest BCUT2D eigenvalue weighted by molar-refractivity contribution is 0.0946. The molecule has 3 aromatic heterocycles. The highest BCUT2D eigenvalue weighted by Gasteiger charge is 2.14. The largest absolute Gasteiger partial charge is 0.475 e. The Bertz CT molecular complexity index is 1140. The van der Waals surface area contributed by atoms with E-state index in [4.69, 9.17) is 9.47 Å². The van der Waals surface area contributed by atoms with Crippen LogP contribution in [0, 0.1) is 0 Å². The van der Waals surface area contributed by atoms with Crippen LogP contribution in [-0.4, -0.2) is 46.0 Å². The molecule has 1 N–H and O–H groups in total. The Kier molecular flexibility index (Phi) is 6.65. The molecule has 1 aromatic carbocycles. The van der Waals surface area contributed by atoms with E-state index in [-0.39, 0.29) is 12.5 Å². The van der Waals surface area contributed by atoms with E-state index in [0.29, 0.717) is 24.8 Å². The van der Waals surface area contributed by atoms with Crippen molar-refractivity contribution in [1.29, 1.82) is 0 Å². The number of carbonyl (C=O) groups excluding carboxylic acids is 1. The second-order valence-electron chi connectivity index (χ2n) is 6.54. The summed E-state index contributed by atoms with van der Waals surface area (Å²) >= 11 is 1.40. The van der Waals surface area contributed by atoms with Crippen molar-refractivity contribution in [2.24, 2.45) is 0 Å². The molecule has 0 fully saturated rings. The van der Waals surface area contributed by atoms with Crippen molar-refractivity contribution in [2.75, 3.05) is 20.3 Å². The van der Waals surface area contributed by atoms with Gasteiger partial charge in [-0.25, -0.2) is 14.6 Å². The van der Waals surface area contributed by atoms with Crippen molar-refractivity contribution < 1.29 is 14.3 Å². The number of thiazole rings is 1. The zero-order chi connectivity index (χ0) is 21.5. The normalized spacial score (nSPS) is 10.7. The van der Waals surface area contributed by atoms with E-state index in [2.05, 4.69) is 20.4 Å². The zero-order valence-corrected chi connectivity index (χ0v) is 17.7. The number of carbonyl (C=O) groups is 1. The SMILES string of the molecule is COCCOc1ncccc1CNC(=O)c1csc(-c2cnn(-c3ccccc3)c2)n1. The Labute approximate surface area is 183 Å². The van der Waals surface area contributed by atoms with Crippen molar-refractivity contribution in [3.63, 3.8) is 0 Å². The van der Waals surface area contributed by atoms with Crippen LogP contribution in [0.1, 0.15) is 16.1 Å². The molecule has 4 aromatic rings. The molecule has 0 saturated carbocycles. The van der Waals surface area contributed by atoms with Crippen molar-refractivity contribution in [1.82, 2.24) is 25.1 Å². The number of rotatable bonds is 9. The summed E-state index contributed by atoms with van der Waals surface area (Å²) in [5.41, 5.74) is 2.96. The summed E-state index contributed by atoms with van der Waals surface area (Å²) in [6.07, 6.45) is 5.29. The molecule has 4 rings (SSSR count). The molecule has 31 heavy (non-hydrogen) atoms. The van der Waals surface area contributed by atoms with Gasteiger partial charge in [0.05, 0.1) is 18.5 Å². The monoisotopic (exact) mass is 435 g/mol. The van der Waals surface area contributed by atoms with Crippen LogP contribution in [0.15, 0.2) is 66.4 Å². The summed E-state index contributed by atoms with van der Waals surface area (Å²) in [4.78, 5) is 21.3. The van der Waals surface area contributed by atoms with Crippen LogP contribution in [0.3, 0.4) is 0 Å². The highest BCUT2D eigenvalue weighted by Crippen LogP contribution is 2.24. The maximum absolute atomic E-state index is 12.6. The van der Waals surface area contributed by atoms with E-state index in [1.54, 1.807) is 35.6 Å².